The number of halogens is 1. The quantitative estimate of drug-likeness (QED) is 0.463. The van der Waals surface area contributed by atoms with Crippen molar-refractivity contribution >= 4 is 21.7 Å². The molecule has 9 nitrogen and oxygen atoms in total. The summed E-state index contributed by atoms with van der Waals surface area (Å²) in [4.78, 5) is 19.9. The molecule has 1 amide bonds. The number of rotatable bonds is 8. The molecule has 0 spiro atoms. The van der Waals surface area contributed by atoms with Gasteiger partial charge >= 0.3 is 0 Å². The van der Waals surface area contributed by atoms with Crippen molar-refractivity contribution in [2.75, 3.05) is 11.5 Å². The number of carbonyl (C=O) groups is 1. The van der Waals surface area contributed by atoms with Crippen molar-refractivity contribution in [2.45, 2.75) is 57.6 Å². The number of anilines is 1. The first-order valence-electron chi connectivity index (χ1n) is 11.9. The van der Waals surface area contributed by atoms with Crippen LogP contribution in [0.4, 0.5) is 10.2 Å². The molecule has 1 fully saturated rings. The molecule has 192 valence electrons. The van der Waals surface area contributed by atoms with Crippen molar-refractivity contribution in [3.63, 3.8) is 0 Å². The van der Waals surface area contributed by atoms with E-state index in [4.69, 9.17) is 9.72 Å². The summed E-state index contributed by atoms with van der Waals surface area (Å²) in [6, 6.07) is 8.84. The summed E-state index contributed by atoms with van der Waals surface area (Å²) in [7, 11) is -4.16. The van der Waals surface area contributed by atoms with Gasteiger partial charge in [0.15, 0.2) is 5.03 Å². The fraction of sp³-hybridized carbons (Fsp3) is 0.400. The van der Waals surface area contributed by atoms with E-state index in [1.807, 2.05) is 32.6 Å². The van der Waals surface area contributed by atoms with Gasteiger partial charge in [0, 0.05) is 17.6 Å². The molecule has 1 aliphatic heterocycles. The molecule has 11 heteroatoms. The summed E-state index contributed by atoms with van der Waals surface area (Å²) in [5, 5.41) is 5.74. The molecule has 1 aromatic carbocycles. The monoisotopic (exact) mass is 515 g/mol. The molecule has 0 radical (unpaired) electrons. The van der Waals surface area contributed by atoms with E-state index in [2.05, 4.69) is 14.9 Å². The lowest BCUT2D eigenvalue weighted by Crippen LogP contribution is -2.37. The number of pyridine rings is 1. The Hall–Kier alpha value is -3.47. The molecule has 0 unspecified atom stereocenters. The second-order valence-electron chi connectivity index (χ2n) is 9.45. The molecular formula is C25H30FN5O4S. The lowest BCUT2D eigenvalue weighted by atomic mass is 10.1. The Morgan fingerprint density at radius 3 is 2.56 bits per heavy atom. The summed E-state index contributed by atoms with van der Waals surface area (Å²) in [5.74, 6) is -0.197. The van der Waals surface area contributed by atoms with Crippen molar-refractivity contribution in [2.24, 2.45) is 5.92 Å². The van der Waals surface area contributed by atoms with Crippen LogP contribution in [0.2, 0.25) is 0 Å². The number of sulfonamides is 1. The van der Waals surface area contributed by atoms with Crippen molar-refractivity contribution in [3.05, 3.63) is 54.0 Å². The third kappa shape index (κ3) is 5.35. The van der Waals surface area contributed by atoms with Gasteiger partial charge in [-0.2, -0.15) is 13.5 Å². The zero-order valence-corrected chi connectivity index (χ0v) is 21.5. The van der Waals surface area contributed by atoms with E-state index in [-0.39, 0.29) is 28.2 Å². The Labute approximate surface area is 210 Å². The zero-order valence-electron chi connectivity index (χ0n) is 20.7. The van der Waals surface area contributed by atoms with Gasteiger partial charge in [0.2, 0.25) is 0 Å². The molecule has 2 aromatic heterocycles. The molecule has 1 saturated heterocycles. The Balaban J connectivity index is 1.75. The summed E-state index contributed by atoms with van der Waals surface area (Å²) >= 11 is 0. The molecule has 2 N–H and O–H groups in total. The molecular weight excluding hydrogens is 485 g/mol. The van der Waals surface area contributed by atoms with Gasteiger partial charge in [-0.1, -0.05) is 13.8 Å². The molecule has 1 aliphatic rings. The summed E-state index contributed by atoms with van der Waals surface area (Å²) in [5.41, 5.74) is 0.626. The normalized spacial score (nSPS) is 18.0. The Morgan fingerprint density at radius 2 is 1.92 bits per heavy atom. The third-order valence-electron chi connectivity index (χ3n) is 6.11. The van der Waals surface area contributed by atoms with Crippen LogP contribution in [0.15, 0.2) is 47.6 Å². The van der Waals surface area contributed by atoms with E-state index < -0.39 is 21.7 Å². The smallest absolute Gasteiger partial charge is 0.281 e. The highest BCUT2D eigenvalue weighted by atomic mass is 32.2. The predicted molar refractivity (Wildman–Crippen MR) is 134 cm³/mol. The van der Waals surface area contributed by atoms with Gasteiger partial charge in [-0.05, 0) is 69.0 Å². The van der Waals surface area contributed by atoms with E-state index in [0.717, 1.165) is 12.8 Å². The first kappa shape index (κ1) is 25.6. The summed E-state index contributed by atoms with van der Waals surface area (Å²) in [6.45, 7) is 8.56. The molecule has 3 aromatic rings. The van der Waals surface area contributed by atoms with E-state index in [0.29, 0.717) is 29.8 Å². The Kier molecular flexibility index (Phi) is 7.30. The minimum atomic E-state index is -4.16. The van der Waals surface area contributed by atoms with Crippen molar-refractivity contribution in [3.8, 4) is 17.0 Å². The maximum absolute atomic E-state index is 14.9. The fourth-order valence-corrected chi connectivity index (χ4v) is 5.14. The summed E-state index contributed by atoms with van der Waals surface area (Å²) < 4.78 is 47.9. The molecule has 0 bridgehead atoms. The van der Waals surface area contributed by atoms with E-state index in [9.17, 15) is 17.6 Å². The number of aromatic nitrogens is 3. The number of amides is 1. The number of H-pyrrole nitrogens is 1. The SMILES string of the molecule is CC(C)COc1ccc(F)c(-c2ccc(C(=O)NS(=O)(=O)c3ccn[nH]3)c(N3[C@H](C)CC[C@@H]3C)n2)c1. The first-order valence-corrected chi connectivity index (χ1v) is 13.3. The van der Waals surface area contributed by atoms with Crippen LogP contribution in [-0.4, -0.2) is 48.2 Å². The third-order valence-corrected chi connectivity index (χ3v) is 7.37. The zero-order chi connectivity index (χ0) is 26.0. The van der Waals surface area contributed by atoms with Crippen molar-refractivity contribution in [1.29, 1.82) is 0 Å². The second-order valence-corrected chi connectivity index (χ2v) is 11.1. The average Bonchev–Trinajstić information content (AvgIpc) is 3.48. The predicted octanol–water partition coefficient (Wildman–Crippen LogP) is 4.14. The maximum Gasteiger partial charge on any atom is 0.281 e. The maximum atomic E-state index is 14.9. The number of nitrogens with zero attached hydrogens (tertiary/aromatic N) is 3. The van der Waals surface area contributed by atoms with Crippen LogP contribution < -0.4 is 14.4 Å². The van der Waals surface area contributed by atoms with Gasteiger partial charge in [-0.3, -0.25) is 9.89 Å². The van der Waals surface area contributed by atoms with Gasteiger partial charge in [0.1, 0.15) is 17.4 Å². The highest BCUT2D eigenvalue weighted by Gasteiger charge is 2.33. The van der Waals surface area contributed by atoms with Crippen molar-refractivity contribution < 1.29 is 22.3 Å². The standard InChI is InChI=1S/C25H30FN5O4S/c1-15(2)14-35-18-7-9-21(26)20(13-18)22-10-8-19(24(28-22)31-16(3)5-6-17(31)4)25(32)30-36(33,34)23-11-12-27-29-23/h7-13,15-17H,5-6,14H2,1-4H3,(H,27,29)(H,30,32)/t16-,17+. The molecule has 3 heterocycles. The van der Waals surface area contributed by atoms with Gasteiger partial charge in [-0.15, -0.1) is 0 Å². The van der Waals surface area contributed by atoms with Crippen LogP contribution >= 0.6 is 0 Å². The molecule has 0 saturated carbocycles. The average molecular weight is 516 g/mol. The highest BCUT2D eigenvalue weighted by Crippen LogP contribution is 2.34. The molecule has 36 heavy (non-hydrogen) atoms. The van der Waals surface area contributed by atoms with Gasteiger partial charge in [0.25, 0.3) is 15.9 Å². The van der Waals surface area contributed by atoms with Gasteiger partial charge < -0.3 is 9.64 Å². The number of nitrogens with one attached hydrogen (secondary N) is 2. The Morgan fingerprint density at radius 1 is 1.19 bits per heavy atom. The van der Waals surface area contributed by atoms with Crippen molar-refractivity contribution in [1.82, 2.24) is 19.9 Å². The van der Waals surface area contributed by atoms with Gasteiger partial charge in [0.05, 0.1) is 24.1 Å². The number of hydrogen-bond donors (Lipinski definition) is 2. The molecule has 2 atom stereocenters. The molecule has 4 rings (SSSR count). The van der Waals surface area contributed by atoms with Crippen LogP contribution in [0.3, 0.4) is 0 Å². The fourth-order valence-electron chi connectivity index (χ4n) is 4.26. The van der Waals surface area contributed by atoms with Crippen LogP contribution in [-0.2, 0) is 10.0 Å². The van der Waals surface area contributed by atoms with E-state index in [1.165, 1.54) is 30.5 Å². The molecule has 0 aliphatic carbocycles. The minimum absolute atomic E-state index is 0.0593. The first-order chi connectivity index (χ1) is 17.1. The second kappa shape index (κ2) is 10.3. The van der Waals surface area contributed by atoms with Crippen LogP contribution in [0.1, 0.15) is 50.9 Å². The lowest BCUT2D eigenvalue weighted by Gasteiger charge is -2.29. The number of hydrogen-bond acceptors (Lipinski definition) is 7. The van der Waals surface area contributed by atoms with Gasteiger partial charge in [-0.25, -0.2) is 14.1 Å². The number of ether oxygens (including phenoxy) is 1. The van der Waals surface area contributed by atoms with E-state index >= 15 is 0 Å². The van der Waals surface area contributed by atoms with Crippen LogP contribution in [0, 0.1) is 11.7 Å². The lowest BCUT2D eigenvalue weighted by molar-refractivity contribution is 0.0981. The van der Waals surface area contributed by atoms with E-state index in [1.54, 1.807) is 12.1 Å². The number of benzene rings is 1. The topological polar surface area (TPSA) is 117 Å². The minimum Gasteiger partial charge on any atom is -0.493 e. The highest BCUT2D eigenvalue weighted by molar-refractivity contribution is 7.90. The van der Waals surface area contributed by atoms with Crippen LogP contribution in [0.5, 0.6) is 5.75 Å². The largest absolute Gasteiger partial charge is 0.493 e. The number of carbonyl (C=O) groups excluding carboxylic acids is 1. The van der Waals surface area contributed by atoms with Crippen LogP contribution in [0.25, 0.3) is 11.3 Å². The Bertz CT molecular complexity index is 1330. The number of aromatic amines is 1. The summed E-state index contributed by atoms with van der Waals surface area (Å²) in [6.07, 6.45) is 3.04.